The smallest absolute Gasteiger partial charge is 0.198 e. The van der Waals surface area contributed by atoms with Crippen LogP contribution in [0.15, 0.2) is 15.9 Å². The van der Waals surface area contributed by atoms with Gasteiger partial charge >= 0.3 is 0 Å². The number of Topliss-reactive ketones (excluding diaryl/α,β-unsaturated/α-hetero) is 1. The van der Waals surface area contributed by atoms with E-state index < -0.39 is 0 Å². The molecule has 4 heteroatoms. The van der Waals surface area contributed by atoms with Gasteiger partial charge in [-0.2, -0.15) is 0 Å². The first-order chi connectivity index (χ1) is 6.59. The minimum atomic E-state index is 0.0568. The molecule has 1 heterocycles. The summed E-state index contributed by atoms with van der Waals surface area (Å²) < 4.78 is 6.24. The van der Waals surface area contributed by atoms with E-state index in [-0.39, 0.29) is 12.4 Å². The van der Waals surface area contributed by atoms with Crippen LogP contribution < -0.4 is 0 Å². The van der Waals surface area contributed by atoms with Crippen LogP contribution in [-0.4, -0.2) is 19.0 Å². The van der Waals surface area contributed by atoms with Gasteiger partial charge in [0.15, 0.2) is 5.78 Å². The predicted molar refractivity (Wildman–Crippen MR) is 62.0 cm³/mol. The fraction of sp³-hybridized carbons (Fsp3) is 0.500. The number of carbonyl (C=O) groups excluding carboxylic acids is 1. The summed E-state index contributed by atoms with van der Waals surface area (Å²) in [6, 6.07) is 3.69. The third-order valence-corrected chi connectivity index (χ3v) is 3.20. The summed E-state index contributed by atoms with van der Waals surface area (Å²) >= 11 is 4.76. The average Bonchev–Trinajstić information content (AvgIpc) is 2.51. The molecule has 0 fully saturated rings. The van der Waals surface area contributed by atoms with Crippen LogP contribution in [-0.2, 0) is 4.74 Å². The highest BCUT2D eigenvalue weighted by atomic mass is 79.9. The Morgan fingerprint density at radius 2 is 2.29 bits per heavy atom. The van der Waals surface area contributed by atoms with Crippen LogP contribution in [0.1, 0.15) is 23.5 Å². The van der Waals surface area contributed by atoms with Gasteiger partial charge in [0.1, 0.15) is 6.61 Å². The molecule has 2 nitrogen and oxygen atoms in total. The lowest BCUT2D eigenvalue weighted by molar-refractivity contribution is 0.0709. The molecule has 0 saturated carbocycles. The molecular weight excluding hydrogens is 264 g/mol. The number of ketones is 1. The van der Waals surface area contributed by atoms with Crippen LogP contribution in [0.5, 0.6) is 0 Å². The van der Waals surface area contributed by atoms with Crippen LogP contribution in [0.2, 0.25) is 0 Å². The molecule has 0 atom stereocenters. The number of hydrogen-bond donors (Lipinski definition) is 0. The fourth-order valence-corrected chi connectivity index (χ4v) is 2.23. The Hall–Kier alpha value is -0.190. The normalized spacial score (nSPS) is 10.9. The standard InChI is InChI=1S/C10H13BrO2S/c1-7(2)5-13-6-8(12)9-3-4-10(11)14-9/h3-4,7H,5-6H2,1-2H3. The number of rotatable bonds is 5. The van der Waals surface area contributed by atoms with Crippen molar-refractivity contribution in [3.05, 3.63) is 20.8 Å². The summed E-state index contributed by atoms with van der Waals surface area (Å²) in [5, 5.41) is 0. The molecule has 1 rings (SSSR count). The second kappa shape index (κ2) is 5.63. The van der Waals surface area contributed by atoms with Gasteiger partial charge in [-0.15, -0.1) is 11.3 Å². The molecule has 0 N–H and O–H groups in total. The lowest BCUT2D eigenvalue weighted by atomic mass is 10.2. The average molecular weight is 277 g/mol. The molecule has 0 aromatic carbocycles. The number of carbonyl (C=O) groups is 1. The van der Waals surface area contributed by atoms with Gasteiger partial charge in [-0.3, -0.25) is 4.79 Å². The molecule has 0 saturated heterocycles. The third kappa shape index (κ3) is 3.90. The maximum Gasteiger partial charge on any atom is 0.198 e. The molecule has 0 aliphatic carbocycles. The second-order valence-corrected chi connectivity index (χ2v) is 5.90. The molecule has 14 heavy (non-hydrogen) atoms. The quantitative estimate of drug-likeness (QED) is 0.771. The van der Waals surface area contributed by atoms with Gasteiger partial charge in [-0.25, -0.2) is 0 Å². The largest absolute Gasteiger partial charge is 0.373 e. The summed E-state index contributed by atoms with van der Waals surface area (Å²) in [5.74, 6) is 0.527. The van der Waals surface area contributed by atoms with Gasteiger partial charge in [0.25, 0.3) is 0 Å². The van der Waals surface area contributed by atoms with Gasteiger partial charge in [0, 0.05) is 6.61 Å². The van der Waals surface area contributed by atoms with Gasteiger partial charge in [-0.05, 0) is 34.0 Å². The Bertz CT molecular complexity index is 307. The van der Waals surface area contributed by atoms with Crippen molar-refractivity contribution in [3.63, 3.8) is 0 Å². The van der Waals surface area contributed by atoms with Crippen LogP contribution in [0, 0.1) is 5.92 Å². The minimum Gasteiger partial charge on any atom is -0.373 e. The molecule has 1 aromatic heterocycles. The predicted octanol–water partition coefficient (Wildman–Crippen LogP) is 3.37. The van der Waals surface area contributed by atoms with E-state index in [1.165, 1.54) is 11.3 Å². The highest BCUT2D eigenvalue weighted by molar-refractivity contribution is 9.11. The minimum absolute atomic E-state index is 0.0568. The van der Waals surface area contributed by atoms with Crippen molar-refractivity contribution in [2.45, 2.75) is 13.8 Å². The van der Waals surface area contributed by atoms with E-state index in [2.05, 4.69) is 29.8 Å². The monoisotopic (exact) mass is 276 g/mol. The van der Waals surface area contributed by atoms with E-state index in [1.807, 2.05) is 12.1 Å². The molecule has 0 bridgehead atoms. The molecule has 0 unspecified atom stereocenters. The molecule has 0 aliphatic heterocycles. The molecule has 0 aliphatic rings. The van der Waals surface area contributed by atoms with Crippen LogP contribution in [0.4, 0.5) is 0 Å². The van der Waals surface area contributed by atoms with Gasteiger partial charge in [0.05, 0.1) is 8.66 Å². The first-order valence-corrected chi connectivity index (χ1v) is 6.07. The Labute approximate surface area is 96.4 Å². The molecule has 78 valence electrons. The summed E-state index contributed by atoms with van der Waals surface area (Å²) in [6.07, 6.45) is 0. The van der Waals surface area contributed by atoms with Gasteiger partial charge in [0.2, 0.25) is 0 Å². The van der Waals surface area contributed by atoms with Crippen molar-refractivity contribution < 1.29 is 9.53 Å². The van der Waals surface area contributed by atoms with Crippen molar-refractivity contribution in [1.82, 2.24) is 0 Å². The van der Waals surface area contributed by atoms with Crippen LogP contribution in [0.3, 0.4) is 0 Å². The van der Waals surface area contributed by atoms with E-state index in [9.17, 15) is 4.79 Å². The maximum atomic E-state index is 11.5. The fourth-order valence-electron chi connectivity index (χ4n) is 0.923. The Balaban J connectivity index is 2.36. The summed E-state index contributed by atoms with van der Waals surface area (Å²) in [6.45, 7) is 4.95. The lowest BCUT2D eigenvalue weighted by Crippen LogP contribution is -2.11. The van der Waals surface area contributed by atoms with E-state index in [1.54, 1.807) is 0 Å². The van der Waals surface area contributed by atoms with Crippen molar-refractivity contribution in [3.8, 4) is 0 Å². The number of hydrogen-bond acceptors (Lipinski definition) is 3. The van der Waals surface area contributed by atoms with Gasteiger partial charge < -0.3 is 4.74 Å². The summed E-state index contributed by atoms with van der Waals surface area (Å²) in [4.78, 5) is 12.3. The van der Waals surface area contributed by atoms with Gasteiger partial charge in [-0.1, -0.05) is 13.8 Å². The Morgan fingerprint density at radius 3 is 2.79 bits per heavy atom. The topological polar surface area (TPSA) is 26.3 Å². The second-order valence-electron chi connectivity index (χ2n) is 3.44. The van der Waals surface area contributed by atoms with Crippen molar-refractivity contribution in [1.29, 1.82) is 0 Å². The zero-order chi connectivity index (χ0) is 10.6. The van der Waals surface area contributed by atoms with E-state index in [0.29, 0.717) is 12.5 Å². The number of halogens is 1. The van der Waals surface area contributed by atoms with Crippen molar-refractivity contribution in [2.24, 2.45) is 5.92 Å². The van der Waals surface area contributed by atoms with E-state index in [0.717, 1.165) is 8.66 Å². The van der Waals surface area contributed by atoms with Crippen molar-refractivity contribution >= 4 is 33.0 Å². The highest BCUT2D eigenvalue weighted by Gasteiger charge is 2.08. The summed E-state index contributed by atoms with van der Waals surface area (Å²) in [5.41, 5.74) is 0. The molecule has 0 spiro atoms. The number of thiophene rings is 1. The zero-order valence-corrected chi connectivity index (χ0v) is 10.7. The number of ether oxygens (including phenoxy) is 1. The summed E-state index contributed by atoms with van der Waals surface area (Å²) in [7, 11) is 0. The maximum absolute atomic E-state index is 11.5. The highest BCUT2D eigenvalue weighted by Crippen LogP contribution is 2.22. The van der Waals surface area contributed by atoms with Crippen molar-refractivity contribution in [2.75, 3.05) is 13.2 Å². The first-order valence-electron chi connectivity index (χ1n) is 4.46. The van der Waals surface area contributed by atoms with Crippen LogP contribution >= 0.6 is 27.3 Å². The SMILES string of the molecule is CC(C)COCC(=O)c1ccc(Br)s1. The van der Waals surface area contributed by atoms with E-state index in [4.69, 9.17) is 4.74 Å². The Kier molecular flexibility index (Phi) is 4.78. The van der Waals surface area contributed by atoms with Crippen LogP contribution in [0.25, 0.3) is 0 Å². The lowest BCUT2D eigenvalue weighted by Gasteiger charge is -2.04. The molecule has 1 aromatic rings. The zero-order valence-electron chi connectivity index (χ0n) is 8.25. The third-order valence-electron chi connectivity index (χ3n) is 1.53. The molecule has 0 radical (unpaired) electrons. The molecular formula is C10H13BrO2S. The molecule has 0 amide bonds. The van der Waals surface area contributed by atoms with E-state index >= 15 is 0 Å². The Morgan fingerprint density at radius 1 is 1.57 bits per heavy atom. The first kappa shape index (κ1) is 11.9.